The van der Waals surface area contributed by atoms with Crippen molar-refractivity contribution in [1.29, 1.82) is 0 Å². The van der Waals surface area contributed by atoms with E-state index in [0.29, 0.717) is 5.92 Å². The van der Waals surface area contributed by atoms with Gasteiger partial charge in [0.2, 0.25) is 0 Å². The molecule has 1 unspecified atom stereocenters. The molecule has 1 atom stereocenters. The van der Waals surface area contributed by atoms with Crippen LogP contribution in [0, 0.1) is 11.3 Å². The van der Waals surface area contributed by atoms with Crippen LogP contribution in [0.2, 0.25) is 0 Å². The Labute approximate surface area is 89.5 Å². The third kappa shape index (κ3) is 9.79. The molecule has 0 aromatic rings. The molecule has 0 saturated heterocycles. The van der Waals surface area contributed by atoms with E-state index < -0.39 is 0 Å². The summed E-state index contributed by atoms with van der Waals surface area (Å²) in [6, 6.07) is 0. The van der Waals surface area contributed by atoms with Crippen molar-refractivity contribution < 1.29 is 4.74 Å². The molecule has 0 aromatic carbocycles. The second-order valence-electron chi connectivity index (χ2n) is 6.13. The Hall–Kier alpha value is -0.300. The summed E-state index contributed by atoms with van der Waals surface area (Å²) in [5.41, 5.74) is 0.250. The van der Waals surface area contributed by atoms with Gasteiger partial charge in [0.05, 0.1) is 12.2 Å². The third-order valence-corrected chi connectivity index (χ3v) is 1.70. The lowest BCUT2D eigenvalue weighted by Crippen LogP contribution is -2.22. The quantitative estimate of drug-likeness (QED) is 0.622. The molecule has 0 aromatic heterocycles. The lowest BCUT2D eigenvalue weighted by atomic mass is 9.94. The van der Waals surface area contributed by atoms with E-state index in [0.717, 1.165) is 6.61 Å². The van der Waals surface area contributed by atoms with E-state index in [1.54, 1.807) is 0 Å². The van der Waals surface area contributed by atoms with Crippen LogP contribution in [0.1, 0.15) is 48.5 Å². The van der Waals surface area contributed by atoms with Crippen LogP contribution in [-0.2, 0) is 4.74 Å². The second kappa shape index (κ2) is 4.97. The molecule has 0 heterocycles. The van der Waals surface area contributed by atoms with E-state index in [1.165, 1.54) is 0 Å². The van der Waals surface area contributed by atoms with Crippen LogP contribution in [0.25, 0.3) is 0 Å². The standard InChI is InChI=1S/C13H26O/c1-11(8-9-12(2,3)4)10-14-13(5,6)7/h8-9,11H,10H2,1-7H3/b9-8+. The predicted octanol–water partition coefficient (Wildman–Crippen LogP) is 4.04. The molecule has 1 heteroatoms. The van der Waals surface area contributed by atoms with Crippen LogP contribution >= 0.6 is 0 Å². The average Bonchev–Trinajstić information content (AvgIpc) is 1.94. The largest absolute Gasteiger partial charge is 0.375 e. The fourth-order valence-electron chi connectivity index (χ4n) is 0.890. The maximum Gasteiger partial charge on any atom is 0.0598 e. The predicted molar refractivity (Wildman–Crippen MR) is 63.5 cm³/mol. The highest BCUT2D eigenvalue weighted by molar-refractivity contribution is 4.94. The summed E-state index contributed by atoms with van der Waals surface area (Å²) >= 11 is 0. The molecule has 0 bridgehead atoms. The zero-order valence-electron chi connectivity index (χ0n) is 10.8. The fraction of sp³-hybridized carbons (Fsp3) is 0.846. The summed E-state index contributed by atoms with van der Waals surface area (Å²) in [6.07, 6.45) is 4.50. The number of hydrogen-bond acceptors (Lipinski definition) is 1. The minimum absolute atomic E-state index is 0.0240. The van der Waals surface area contributed by atoms with Gasteiger partial charge in [-0.2, -0.15) is 0 Å². The molecule has 0 spiro atoms. The highest BCUT2D eigenvalue weighted by Gasteiger charge is 2.11. The number of allylic oxidation sites excluding steroid dienone is 1. The van der Waals surface area contributed by atoms with Crippen molar-refractivity contribution in [2.75, 3.05) is 6.61 Å². The molecule has 0 amide bonds. The lowest BCUT2D eigenvalue weighted by Gasteiger charge is -2.21. The number of rotatable bonds is 3. The third-order valence-electron chi connectivity index (χ3n) is 1.70. The zero-order chi connectivity index (χ0) is 11.4. The summed E-state index contributed by atoms with van der Waals surface area (Å²) in [5, 5.41) is 0. The molecule has 1 nitrogen and oxygen atoms in total. The Kier molecular flexibility index (Phi) is 4.87. The van der Waals surface area contributed by atoms with Gasteiger partial charge in [-0.15, -0.1) is 0 Å². The van der Waals surface area contributed by atoms with Gasteiger partial charge in [-0.25, -0.2) is 0 Å². The minimum Gasteiger partial charge on any atom is -0.375 e. The first kappa shape index (κ1) is 13.7. The van der Waals surface area contributed by atoms with Crippen LogP contribution < -0.4 is 0 Å². The van der Waals surface area contributed by atoms with Crippen molar-refractivity contribution in [3.63, 3.8) is 0 Å². The first-order chi connectivity index (χ1) is 6.10. The van der Waals surface area contributed by atoms with E-state index in [4.69, 9.17) is 4.74 Å². The first-order valence-corrected chi connectivity index (χ1v) is 5.43. The van der Waals surface area contributed by atoms with Gasteiger partial charge < -0.3 is 4.74 Å². The summed E-state index contributed by atoms with van der Waals surface area (Å²) in [5.74, 6) is 0.494. The van der Waals surface area contributed by atoms with Gasteiger partial charge in [0.1, 0.15) is 0 Å². The maximum atomic E-state index is 5.71. The van der Waals surface area contributed by atoms with E-state index >= 15 is 0 Å². The Morgan fingerprint density at radius 2 is 1.57 bits per heavy atom. The van der Waals surface area contributed by atoms with Crippen molar-refractivity contribution in [3.05, 3.63) is 12.2 Å². The molecule has 0 fully saturated rings. The molecule has 0 aliphatic carbocycles. The molecule has 0 aliphatic rings. The summed E-state index contributed by atoms with van der Waals surface area (Å²) in [7, 11) is 0. The molecule has 14 heavy (non-hydrogen) atoms. The van der Waals surface area contributed by atoms with Gasteiger partial charge in [-0.05, 0) is 32.1 Å². The molecular formula is C13H26O. The smallest absolute Gasteiger partial charge is 0.0598 e. The molecular weight excluding hydrogens is 172 g/mol. The average molecular weight is 198 g/mol. The summed E-state index contributed by atoms with van der Waals surface area (Å²) in [4.78, 5) is 0. The Bertz CT molecular complexity index is 178. The Morgan fingerprint density at radius 1 is 1.07 bits per heavy atom. The van der Waals surface area contributed by atoms with Gasteiger partial charge in [0.25, 0.3) is 0 Å². The maximum absolute atomic E-state index is 5.71. The Balaban J connectivity index is 3.88. The fourth-order valence-corrected chi connectivity index (χ4v) is 0.890. The van der Waals surface area contributed by atoms with Crippen LogP contribution in [0.5, 0.6) is 0 Å². The molecule has 0 saturated carbocycles. The molecule has 0 aliphatic heterocycles. The van der Waals surface area contributed by atoms with E-state index in [9.17, 15) is 0 Å². The van der Waals surface area contributed by atoms with Gasteiger partial charge in [0, 0.05) is 0 Å². The number of ether oxygens (including phenoxy) is 1. The van der Waals surface area contributed by atoms with Crippen molar-refractivity contribution >= 4 is 0 Å². The molecule has 0 radical (unpaired) electrons. The molecule has 0 N–H and O–H groups in total. The first-order valence-electron chi connectivity index (χ1n) is 5.43. The van der Waals surface area contributed by atoms with Crippen molar-refractivity contribution in [1.82, 2.24) is 0 Å². The van der Waals surface area contributed by atoms with Crippen LogP contribution in [0.4, 0.5) is 0 Å². The van der Waals surface area contributed by atoms with Gasteiger partial charge in [-0.1, -0.05) is 39.8 Å². The summed E-state index contributed by atoms with van der Waals surface area (Å²) in [6.45, 7) is 15.9. The SMILES string of the molecule is CC(/C=C/C(C)(C)C)COC(C)(C)C. The van der Waals surface area contributed by atoms with Crippen LogP contribution in [-0.4, -0.2) is 12.2 Å². The van der Waals surface area contributed by atoms with Crippen LogP contribution in [0.3, 0.4) is 0 Å². The van der Waals surface area contributed by atoms with Gasteiger partial charge in [0.15, 0.2) is 0 Å². The van der Waals surface area contributed by atoms with Gasteiger partial charge in [-0.3, -0.25) is 0 Å². The lowest BCUT2D eigenvalue weighted by molar-refractivity contribution is -0.0130. The minimum atomic E-state index is -0.0240. The second-order valence-corrected chi connectivity index (χ2v) is 6.13. The van der Waals surface area contributed by atoms with E-state index in [-0.39, 0.29) is 11.0 Å². The highest BCUT2D eigenvalue weighted by atomic mass is 16.5. The molecule has 0 rings (SSSR count). The molecule has 84 valence electrons. The summed E-state index contributed by atoms with van der Waals surface area (Å²) < 4.78 is 5.71. The van der Waals surface area contributed by atoms with E-state index in [2.05, 4.69) is 60.6 Å². The van der Waals surface area contributed by atoms with Crippen molar-refractivity contribution in [2.45, 2.75) is 54.1 Å². The highest BCUT2D eigenvalue weighted by Crippen LogP contribution is 2.17. The van der Waals surface area contributed by atoms with Crippen LogP contribution in [0.15, 0.2) is 12.2 Å². The van der Waals surface area contributed by atoms with E-state index in [1.807, 2.05) is 0 Å². The monoisotopic (exact) mass is 198 g/mol. The Morgan fingerprint density at radius 3 is 1.93 bits per heavy atom. The van der Waals surface area contributed by atoms with Gasteiger partial charge >= 0.3 is 0 Å². The zero-order valence-corrected chi connectivity index (χ0v) is 10.8. The normalized spacial score (nSPS) is 16.2. The topological polar surface area (TPSA) is 9.23 Å². The van der Waals surface area contributed by atoms with Crippen molar-refractivity contribution in [3.8, 4) is 0 Å². The number of hydrogen-bond donors (Lipinski definition) is 0. The van der Waals surface area contributed by atoms with Crippen molar-refractivity contribution in [2.24, 2.45) is 11.3 Å².